The van der Waals surface area contributed by atoms with Crippen molar-refractivity contribution in [3.8, 4) is 17.3 Å². The molecule has 3 rings (SSSR count). The second-order valence-corrected chi connectivity index (χ2v) is 6.46. The number of halogens is 1. The molecule has 0 aliphatic carbocycles. The zero-order valence-corrected chi connectivity index (χ0v) is 14.5. The maximum absolute atomic E-state index is 9.42. The Hall–Kier alpha value is -2.61. The van der Waals surface area contributed by atoms with Crippen molar-refractivity contribution in [2.24, 2.45) is 0 Å². The van der Waals surface area contributed by atoms with E-state index >= 15 is 0 Å². The number of rotatable bonds is 4. The van der Waals surface area contributed by atoms with Crippen LogP contribution in [0.3, 0.4) is 0 Å². The van der Waals surface area contributed by atoms with Gasteiger partial charge in [0.05, 0.1) is 16.4 Å². The molecule has 118 valence electrons. The molecule has 0 saturated carbocycles. The van der Waals surface area contributed by atoms with Crippen molar-refractivity contribution in [2.45, 2.75) is 6.92 Å². The highest BCUT2D eigenvalue weighted by Gasteiger charge is 2.09. The van der Waals surface area contributed by atoms with Crippen LogP contribution in [0.2, 0.25) is 5.02 Å². The Morgan fingerprint density at radius 3 is 2.67 bits per heavy atom. The molecule has 0 amide bonds. The molecule has 0 aliphatic heterocycles. The molecule has 2 aromatic carbocycles. The van der Waals surface area contributed by atoms with E-state index in [1.807, 2.05) is 54.8 Å². The molecular weight excluding hydrogens is 338 g/mol. The van der Waals surface area contributed by atoms with Crippen LogP contribution in [0.5, 0.6) is 0 Å². The molecule has 0 aliphatic rings. The van der Waals surface area contributed by atoms with E-state index in [0.29, 0.717) is 15.6 Å². The summed E-state index contributed by atoms with van der Waals surface area (Å²) in [5.74, 6) is 0. The standard InChI is InChI=1S/C19H14ClN3S/c1-13-6-8-14(9-7-13)18-12-24-19(23-18)15(10-21)11-22-17-5-3-2-4-16(17)20/h2-9,11-12,22H,1H3. The van der Waals surface area contributed by atoms with E-state index in [1.165, 1.54) is 16.9 Å². The van der Waals surface area contributed by atoms with Crippen molar-refractivity contribution in [1.82, 2.24) is 4.98 Å². The fourth-order valence-electron chi connectivity index (χ4n) is 2.12. The number of nitrogens with zero attached hydrogens (tertiary/aromatic N) is 2. The van der Waals surface area contributed by atoms with Gasteiger partial charge in [0.2, 0.25) is 0 Å². The minimum absolute atomic E-state index is 0.471. The SMILES string of the molecule is Cc1ccc(-c2csc(C(C#N)=CNc3ccccc3Cl)n2)cc1. The Morgan fingerprint density at radius 2 is 1.96 bits per heavy atom. The first-order chi connectivity index (χ1) is 11.7. The molecule has 0 atom stereocenters. The molecule has 0 radical (unpaired) electrons. The number of aromatic nitrogens is 1. The molecule has 0 bridgehead atoms. The quantitative estimate of drug-likeness (QED) is 0.609. The number of nitrogens with one attached hydrogen (secondary N) is 1. The highest BCUT2D eigenvalue weighted by atomic mass is 35.5. The number of anilines is 1. The van der Waals surface area contributed by atoms with Crippen LogP contribution in [0.15, 0.2) is 60.1 Å². The molecule has 0 unspecified atom stereocenters. The van der Waals surface area contributed by atoms with Crippen molar-refractivity contribution < 1.29 is 0 Å². The van der Waals surface area contributed by atoms with Gasteiger partial charge in [-0.15, -0.1) is 11.3 Å². The van der Waals surface area contributed by atoms with Gasteiger partial charge < -0.3 is 5.32 Å². The van der Waals surface area contributed by atoms with Gasteiger partial charge in [-0.3, -0.25) is 0 Å². The third-order valence-corrected chi connectivity index (χ3v) is 4.65. The van der Waals surface area contributed by atoms with Gasteiger partial charge in [0.25, 0.3) is 0 Å². The van der Waals surface area contributed by atoms with Crippen LogP contribution in [0.1, 0.15) is 10.6 Å². The molecule has 3 nitrogen and oxygen atoms in total. The Morgan fingerprint density at radius 1 is 1.21 bits per heavy atom. The van der Waals surface area contributed by atoms with Gasteiger partial charge in [0.1, 0.15) is 16.6 Å². The lowest BCUT2D eigenvalue weighted by molar-refractivity contribution is 1.36. The van der Waals surface area contributed by atoms with E-state index in [1.54, 1.807) is 12.3 Å². The number of para-hydroxylation sites is 1. The van der Waals surface area contributed by atoms with Gasteiger partial charge in [-0.25, -0.2) is 4.98 Å². The summed E-state index contributed by atoms with van der Waals surface area (Å²) in [6.07, 6.45) is 1.64. The first-order valence-electron chi connectivity index (χ1n) is 7.31. The number of nitriles is 1. The van der Waals surface area contributed by atoms with Crippen LogP contribution in [-0.2, 0) is 0 Å². The van der Waals surface area contributed by atoms with Crippen molar-refractivity contribution in [3.63, 3.8) is 0 Å². The monoisotopic (exact) mass is 351 g/mol. The second kappa shape index (κ2) is 7.31. The zero-order valence-electron chi connectivity index (χ0n) is 13.0. The minimum Gasteiger partial charge on any atom is -0.359 e. The van der Waals surface area contributed by atoms with Gasteiger partial charge in [-0.2, -0.15) is 5.26 Å². The summed E-state index contributed by atoms with van der Waals surface area (Å²) in [6, 6.07) is 17.7. The van der Waals surface area contributed by atoms with Crippen molar-refractivity contribution in [2.75, 3.05) is 5.32 Å². The van der Waals surface area contributed by atoms with Gasteiger partial charge in [0.15, 0.2) is 0 Å². The summed E-state index contributed by atoms with van der Waals surface area (Å²) in [5, 5.41) is 15.7. The molecule has 5 heteroatoms. The Bertz CT molecular complexity index is 920. The first kappa shape index (κ1) is 16.3. The number of thiazole rings is 1. The first-order valence-corrected chi connectivity index (χ1v) is 8.57. The number of allylic oxidation sites excluding steroid dienone is 1. The average Bonchev–Trinajstić information content (AvgIpc) is 3.07. The summed E-state index contributed by atoms with van der Waals surface area (Å²) < 4.78 is 0. The smallest absolute Gasteiger partial charge is 0.136 e. The third-order valence-electron chi connectivity index (χ3n) is 3.45. The van der Waals surface area contributed by atoms with Crippen LogP contribution >= 0.6 is 22.9 Å². The number of benzene rings is 2. The molecule has 1 aromatic heterocycles. The van der Waals surface area contributed by atoms with Crippen LogP contribution in [-0.4, -0.2) is 4.98 Å². The zero-order chi connectivity index (χ0) is 16.9. The van der Waals surface area contributed by atoms with E-state index in [2.05, 4.69) is 16.4 Å². The molecule has 1 heterocycles. The van der Waals surface area contributed by atoms with Gasteiger partial charge in [-0.1, -0.05) is 53.6 Å². The number of hydrogen-bond acceptors (Lipinski definition) is 4. The molecule has 3 aromatic rings. The summed E-state index contributed by atoms with van der Waals surface area (Å²) in [4.78, 5) is 4.57. The summed E-state index contributed by atoms with van der Waals surface area (Å²) >= 11 is 7.55. The van der Waals surface area contributed by atoms with Gasteiger partial charge in [0, 0.05) is 17.1 Å². The van der Waals surface area contributed by atoms with Crippen molar-refractivity contribution in [1.29, 1.82) is 5.26 Å². The number of aryl methyl sites for hydroxylation is 1. The van der Waals surface area contributed by atoms with E-state index in [0.717, 1.165) is 16.9 Å². The van der Waals surface area contributed by atoms with Crippen LogP contribution in [0.4, 0.5) is 5.69 Å². The van der Waals surface area contributed by atoms with E-state index < -0.39 is 0 Å². The van der Waals surface area contributed by atoms with E-state index in [4.69, 9.17) is 11.6 Å². The Labute approximate surface area is 149 Å². The normalized spacial score (nSPS) is 11.1. The largest absolute Gasteiger partial charge is 0.359 e. The van der Waals surface area contributed by atoms with Crippen LogP contribution < -0.4 is 5.32 Å². The lowest BCUT2D eigenvalue weighted by atomic mass is 10.1. The van der Waals surface area contributed by atoms with Gasteiger partial charge in [-0.05, 0) is 19.1 Å². The Balaban J connectivity index is 1.84. The van der Waals surface area contributed by atoms with Crippen LogP contribution in [0.25, 0.3) is 16.8 Å². The Kier molecular flexibility index (Phi) is 4.95. The van der Waals surface area contributed by atoms with Crippen molar-refractivity contribution >= 4 is 34.2 Å². The van der Waals surface area contributed by atoms with E-state index in [9.17, 15) is 5.26 Å². The highest BCUT2D eigenvalue weighted by molar-refractivity contribution is 7.11. The molecule has 0 spiro atoms. The third kappa shape index (κ3) is 3.65. The fourth-order valence-corrected chi connectivity index (χ4v) is 3.11. The summed E-state index contributed by atoms with van der Waals surface area (Å²) in [6.45, 7) is 2.05. The minimum atomic E-state index is 0.471. The second-order valence-electron chi connectivity index (χ2n) is 5.20. The lowest BCUT2D eigenvalue weighted by Crippen LogP contribution is -1.91. The maximum Gasteiger partial charge on any atom is 0.136 e. The molecule has 1 N–H and O–H groups in total. The van der Waals surface area contributed by atoms with Crippen molar-refractivity contribution in [3.05, 3.63) is 75.7 Å². The fraction of sp³-hybridized carbons (Fsp3) is 0.0526. The lowest BCUT2D eigenvalue weighted by Gasteiger charge is -2.03. The molecular formula is C19H14ClN3S. The molecule has 0 fully saturated rings. The predicted octanol–water partition coefficient (Wildman–Crippen LogP) is 5.75. The molecule has 0 saturated heterocycles. The van der Waals surface area contributed by atoms with Crippen LogP contribution in [0, 0.1) is 18.3 Å². The summed E-state index contributed by atoms with van der Waals surface area (Å²) in [7, 11) is 0. The maximum atomic E-state index is 9.42. The highest BCUT2D eigenvalue weighted by Crippen LogP contribution is 2.27. The summed E-state index contributed by atoms with van der Waals surface area (Å²) in [5.41, 5.74) is 4.34. The number of hydrogen-bond donors (Lipinski definition) is 1. The van der Waals surface area contributed by atoms with Gasteiger partial charge >= 0.3 is 0 Å². The molecule has 24 heavy (non-hydrogen) atoms. The predicted molar refractivity (Wildman–Crippen MR) is 101 cm³/mol. The van der Waals surface area contributed by atoms with E-state index in [-0.39, 0.29) is 0 Å². The average molecular weight is 352 g/mol. The topological polar surface area (TPSA) is 48.7 Å².